The molecule has 1 aliphatic carbocycles. The van der Waals surface area contributed by atoms with Crippen LogP contribution in [0.4, 0.5) is 5.69 Å². The summed E-state index contributed by atoms with van der Waals surface area (Å²) >= 11 is 7.38. The van der Waals surface area contributed by atoms with E-state index in [1.807, 2.05) is 12.1 Å². The number of phenols is 1. The number of hydrogen-bond donors (Lipinski definition) is 1. The molecular formula is C20H17Br2NO2SeSi. The zero-order chi connectivity index (χ0) is 19.3. The summed E-state index contributed by atoms with van der Waals surface area (Å²) in [6.07, 6.45) is 6.23. The first-order valence-electron chi connectivity index (χ1n) is 8.70. The van der Waals surface area contributed by atoms with Crippen molar-refractivity contribution in [2.45, 2.75) is 25.9 Å². The Morgan fingerprint density at radius 3 is 2.70 bits per heavy atom. The molecule has 1 aromatic carbocycles. The summed E-state index contributed by atoms with van der Waals surface area (Å²) in [5.74, 6) is 0.323. The number of rotatable bonds is 3. The first-order valence-corrected chi connectivity index (χ1v) is 14.7. The van der Waals surface area contributed by atoms with Gasteiger partial charge in [0.2, 0.25) is 0 Å². The minimum absolute atomic E-state index is 0.0267. The standard InChI is InChI=1S/C20H17Br2NO2SeSi/c1-3-8-27(2)16-9-11(24)4-5-13(16)23-14-6-7-15(25)18(20(14)27)19-12(21)10-17(22)26-19/h4-7,9-10,25H,3,8H2,1-2H3. The zero-order valence-electron chi connectivity index (χ0n) is 14.8. The van der Waals surface area contributed by atoms with Crippen LogP contribution in [0.15, 0.2) is 54.4 Å². The molecule has 0 amide bonds. The summed E-state index contributed by atoms with van der Waals surface area (Å²) < 4.78 is 3.28. The molecule has 1 N–H and O–H groups in total. The molecule has 27 heavy (non-hydrogen) atoms. The first-order chi connectivity index (χ1) is 12.8. The van der Waals surface area contributed by atoms with Gasteiger partial charge in [-0.15, -0.1) is 0 Å². The van der Waals surface area contributed by atoms with E-state index in [9.17, 15) is 9.90 Å². The Balaban J connectivity index is 2.09. The number of aliphatic imine (C=N–C) groups is 1. The number of carbonyl (C=O) groups excluding carboxylic acids is 1. The number of halogens is 2. The Morgan fingerprint density at radius 1 is 1.26 bits per heavy atom. The molecule has 1 atom stereocenters. The van der Waals surface area contributed by atoms with Crippen LogP contribution < -0.4 is 5.19 Å². The number of allylic oxidation sites excluding steroid dienone is 4. The molecule has 2 aromatic rings. The predicted octanol–water partition coefficient (Wildman–Crippen LogP) is 5.03. The second-order valence-corrected chi connectivity index (χ2v) is 16.3. The molecular weight excluding hydrogens is 553 g/mol. The molecule has 1 aliphatic heterocycles. The van der Waals surface area contributed by atoms with E-state index in [0.29, 0.717) is 5.75 Å². The van der Waals surface area contributed by atoms with Gasteiger partial charge >= 0.3 is 183 Å². The molecule has 0 bridgehead atoms. The molecule has 0 spiro atoms. The number of hydrogen-bond acceptors (Lipinski definition) is 3. The van der Waals surface area contributed by atoms with Crippen molar-refractivity contribution in [1.82, 2.24) is 0 Å². The van der Waals surface area contributed by atoms with Crippen LogP contribution in [0, 0.1) is 0 Å². The molecule has 0 saturated carbocycles. The first kappa shape index (κ1) is 19.3. The van der Waals surface area contributed by atoms with Gasteiger partial charge in [-0.2, -0.15) is 0 Å². The molecule has 2 heterocycles. The van der Waals surface area contributed by atoms with Crippen LogP contribution in [-0.2, 0) is 4.79 Å². The fourth-order valence-electron chi connectivity index (χ4n) is 4.05. The number of fused-ring (bicyclic) bond motifs is 2. The van der Waals surface area contributed by atoms with Gasteiger partial charge in [-0.05, 0) is 0 Å². The average molecular weight is 570 g/mol. The SMILES string of the molecule is CCC[Si]1(C)C2=CC(=O)C=CC2=Nc2ccc(O)c(-c3[se]c(Br)cc3Br)c21. The van der Waals surface area contributed by atoms with E-state index in [-0.39, 0.29) is 20.3 Å². The van der Waals surface area contributed by atoms with Gasteiger partial charge in [0, 0.05) is 0 Å². The minimum atomic E-state index is -2.24. The predicted molar refractivity (Wildman–Crippen MR) is 122 cm³/mol. The van der Waals surface area contributed by atoms with Gasteiger partial charge < -0.3 is 0 Å². The van der Waals surface area contributed by atoms with Gasteiger partial charge in [0.15, 0.2) is 0 Å². The summed E-state index contributed by atoms with van der Waals surface area (Å²) in [6, 6.07) is 6.74. The van der Waals surface area contributed by atoms with Crippen LogP contribution in [-0.4, -0.2) is 39.2 Å². The summed E-state index contributed by atoms with van der Waals surface area (Å²) in [7, 11) is -2.24. The molecule has 4 rings (SSSR count). The van der Waals surface area contributed by atoms with Crippen LogP contribution in [0.3, 0.4) is 0 Å². The molecule has 2 aliphatic rings. The monoisotopic (exact) mass is 569 g/mol. The quantitative estimate of drug-likeness (QED) is 0.416. The van der Waals surface area contributed by atoms with Crippen molar-refractivity contribution in [1.29, 1.82) is 0 Å². The molecule has 138 valence electrons. The van der Waals surface area contributed by atoms with E-state index in [1.165, 1.54) is 0 Å². The van der Waals surface area contributed by atoms with Crippen molar-refractivity contribution in [3.63, 3.8) is 0 Å². The Morgan fingerprint density at radius 2 is 2.04 bits per heavy atom. The van der Waals surface area contributed by atoms with E-state index in [0.717, 1.165) is 52.1 Å². The maximum absolute atomic E-state index is 12.2. The van der Waals surface area contributed by atoms with Crippen molar-refractivity contribution in [2.75, 3.05) is 0 Å². The third-order valence-corrected chi connectivity index (χ3v) is 14.1. The summed E-state index contributed by atoms with van der Waals surface area (Å²) in [5.41, 5.74) is 2.76. The Kier molecular flexibility index (Phi) is 5.10. The van der Waals surface area contributed by atoms with Gasteiger partial charge in [-0.1, -0.05) is 0 Å². The van der Waals surface area contributed by atoms with Crippen molar-refractivity contribution >= 4 is 76.8 Å². The summed E-state index contributed by atoms with van der Waals surface area (Å²) in [6.45, 7) is 4.49. The third kappa shape index (κ3) is 3.14. The van der Waals surface area contributed by atoms with Crippen LogP contribution in [0.5, 0.6) is 5.75 Å². The van der Waals surface area contributed by atoms with Crippen molar-refractivity contribution in [2.24, 2.45) is 4.99 Å². The van der Waals surface area contributed by atoms with Gasteiger partial charge in [-0.25, -0.2) is 0 Å². The second kappa shape index (κ2) is 7.12. The fraction of sp³-hybridized carbons (Fsp3) is 0.200. The number of nitrogens with zero attached hydrogens (tertiary/aromatic N) is 1. The van der Waals surface area contributed by atoms with Crippen LogP contribution in [0.2, 0.25) is 12.6 Å². The van der Waals surface area contributed by atoms with E-state index < -0.39 is 8.07 Å². The van der Waals surface area contributed by atoms with Crippen LogP contribution in [0.25, 0.3) is 10.0 Å². The van der Waals surface area contributed by atoms with Gasteiger partial charge in [0.05, 0.1) is 0 Å². The topological polar surface area (TPSA) is 49.7 Å². The molecule has 7 heteroatoms. The third-order valence-electron chi connectivity index (χ3n) is 5.15. The summed E-state index contributed by atoms with van der Waals surface area (Å²) in [5, 5.41) is 13.1. The number of carbonyl (C=O) groups is 1. The maximum atomic E-state index is 12.2. The summed E-state index contributed by atoms with van der Waals surface area (Å²) in [4.78, 5) is 17.0. The number of benzene rings is 1. The molecule has 1 unspecified atom stereocenters. The Hall–Kier alpha value is -0.984. The molecule has 3 nitrogen and oxygen atoms in total. The zero-order valence-corrected chi connectivity index (χ0v) is 20.7. The molecule has 0 radical (unpaired) electrons. The van der Waals surface area contributed by atoms with Gasteiger partial charge in [-0.3, -0.25) is 0 Å². The number of phenolic OH excluding ortho intramolecular Hbond substituents is 1. The van der Waals surface area contributed by atoms with Crippen LogP contribution in [0.1, 0.15) is 13.3 Å². The van der Waals surface area contributed by atoms with Crippen molar-refractivity contribution in [3.8, 4) is 15.8 Å². The van der Waals surface area contributed by atoms with E-state index in [2.05, 4.69) is 51.4 Å². The van der Waals surface area contributed by atoms with Gasteiger partial charge in [0.25, 0.3) is 0 Å². The number of ketones is 1. The van der Waals surface area contributed by atoms with Crippen molar-refractivity contribution < 1.29 is 9.90 Å². The van der Waals surface area contributed by atoms with E-state index in [4.69, 9.17) is 4.99 Å². The van der Waals surface area contributed by atoms with Crippen LogP contribution >= 0.6 is 31.9 Å². The van der Waals surface area contributed by atoms with Crippen molar-refractivity contribution in [3.05, 3.63) is 49.4 Å². The molecule has 0 saturated heterocycles. The fourth-order valence-corrected chi connectivity index (χ4v) is 13.0. The normalized spacial score (nSPS) is 20.8. The average Bonchev–Trinajstić information content (AvgIpc) is 2.95. The molecule has 1 aromatic heterocycles. The van der Waals surface area contributed by atoms with E-state index in [1.54, 1.807) is 18.2 Å². The Labute approximate surface area is 181 Å². The molecule has 0 fully saturated rings. The Bertz CT molecular complexity index is 1070. The number of aromatic hydroxyl groups is 1. The van der Waals surface area contributed by atoms with E-state index >= 15 is 0 Å². The van der Waals surface area contributed by atoms with Gasteiger partial charge in [0.1, 0.15) is 0 Å². The second-order valence-electron chi connectivity index (χ2n) is 6.95.